The number of carbonyl (C=O) groups excluding carboxylic acids is 4. The molecule has 0 N–H and O–H groups in total. The minimum atomic E-state index is -1.51. The van der Waals surface area contributed by atoms with Crippen molar-refractivity contribution in [1.82, 2.24) is 0 Å². The third-order valence-electron chi connectivity index (χ3n) is 5.72. The van der Waals surface area contributed by atoms with Crippen LogP contribution in [0.25, 0.3) is 0 Å². The number of nitro groups is 1. The highest BCUT2D eigenvalue weighted by molar-refractivity contribution is 6.06. The van der Waals surface area contributed by atoms with Crippen LogP contribution in [0.1, 0.15) is 44.5 Å². The van der Waals surface area contributed by atoms with Crippen LogP contribution in [-0.2, 0) is 42.8 Å². The van der Waals surface area contributed by atoms with E-state index in [0.29, 0.717) is 0 Å². The van der Waals surface area contributed by atoms with E-state index in [4.69, 9.17) is 28.4 Å². The summed E-state index contributed by atoms with van der Waals surface area (Å²) in [6, 6.07) is 4.85. The van der Waals surface area contributed by atoms with E-state index in [1.807, 2.05) is 0 Å². The van der Waals surface area contributed by atoms with Gasteiger partial charge in [-0.1, -0.05) is 0 Å². The Morgan fingerprint density at radius 3 is 2.22 bits per heavy atom. The first kappa shape index (κ1) is 28.2. The molecule has 1 aromatic carbocycles. The fraction of sp³-hybridized carbons (Fsp3) is 0.583. The monoisotopic (exact) mass is 523 g/mol. The molecule has 2 aliphatic heterocycles. The fourth-order valence-electron chi connectivity index (χ4n) is 4.22. The van der Waals surface area contributed by atoms with Gasteiger partial charge < -0.3 is 28.4 Å². The summed E-state index contributed by atoms with van der Waals surface area (Å²) in [5.41, 5.74) is -0.104. The molecule has 13 nitrogen and oxygen atoms in total. The molecule has 2 heterocycles. The summed E-state index contributed by atoms with van der Waals surface area (Å²) in [4.78, 5) is 60.5. The number of hydrogen-bond donors (Lipinski definition) is 0. The number of ether oxygens (including phenoxy) is 6. The van der Waals surface area contributed by atoms with Gasteiger partial charge >= 0.3 is 17.9 Å². The number of hydrogen-bond acceptors (Lipinski definition) is 12. The van der Waals surface area contributed by atoms with E-state index in [1.165, 1.54) is 24.3 Å². The molecule has 5 atom stereocenters. The lowest BCUT2D eigenvalue weighted by Crippen LogP contribution is -2.44. The van der Waals surface area contributed by atoms with Crippen LogP contribution >= 0.6 is 0 Å². The molecule has 2 saturated heterocycles. The number of nitro benzene ring substituents is 1. The Bertz CT molecular complexity index is 1040. The van der Waals surface area contributed by atoms with Crippen molar-refractivity contribution < 1.29 is 52.5 Å². The van der Waals surface area contributed by atoms with Gasteiger partial charge in [0.2, 0.25) is 0 Å². The number of ketones is 1. The molecular weight excluding hydrogens is 494 g/mol. The molecule has 0 saturated carbocycles. The number of non-ortho nitro benzene ring substituents is 1. The normalized spacial score (nSPS) is 24.5. The summed E-state index contributed by atoms with van der Waals surface area (Å²) in [5.74, 6) is -5.83. The zero-order valence-corrected chi connectivity index (χ0v) is 20.9. The van der Waals surface area contributed by atoms with Crippen molar-refractivity contribution in [2.75, 3.05) is 19.8 Å². The molecule has 0 amide bonds. The van der Waals surface area contributed by atoms with Crippen molar-refractivity contribution in [2.45, 2.75) is 64.3 Å². The second kappa shape index (κ2) is 11.8. The van der Waals surface area contributed by atoms with Crippen molar-refractivity contribution in [3.8, 4) is 0 Å². The van der Waals surface area contributed by atoms with E-state index in [1.54, 1.807) is 27.7 Å². The van der Waals surface area contributed by atoms with E-state index >= 15 is 0 Å². The minimum absolute atomic E-state index is 0.0119. The molecule has 0 aliphatic carbocycles. The lowest BCUT2D eigenvalue weighted by Gasteiger charge is -2.27. The van der Waals surface area contributed by atoms with Gasteiger partial charge in [-0.3, -0.25) is 24.5 Å². The zero-order chi connectivity index (χ0) is 27.3. The summed E-state index contributed by atoms with van der Waals surface area (Å²) in [6.07, 6.45) is -4.49. The Morgan fingerprint density at radius 2 is 1.62 bits per heavy atom. The smallest absolute Gasteiger partial charge is 0.338 e. The SMILES string of the molecule is CCOC(=O)CC(=O)C(C(=O)OCC)[C@H]1O[C@H](COC(=O)c2ccc([N+](=O)[O-])cc2)[C@H]2OC(C)(C)O[C@H]21. The van der Waals surface area contributed by atoms with Gasteiger partial charge in [0.1, 0.15) is 43.4 Å². The van der Waals surface area contributed by atoms with E-state index in [-0.39, 0.29) is 31.1 Å². The third-order valence-corrected chi connectivity index (χ3v) is 5.72. The molecule has 0 radical (unpaired) electrons. The lowest BCUT2D eigenvalue weighted by atomic mass is 9.91. The Balaban J connectivity index is 1.78. The molecule has 13 heteroatoms. The maximum atomic E-state index is 13.0. The number of Topliss-reactive ketones (excluding diaryl/α,β-unsaturated/α-hetero) is 1. The van der Waals surface area contributed by atoms with Crippen molar-refractivity contribution in [3.05, 3.63) is 39.9 Å². The Hall–Kier alpha value is -3.42. The molecule has 1 aromatic rings. The zero-order valence-electron chi connectivity index (χ0n) is 20.9. The summed E-state index contributed by atoms with van der Waals surface area (Å²) < 4.78 is 33.0. The first-order valence-electron chi connectivity index (χ1n) is 11.7. The number of esters is 3. The van der Waals surface area contributed by atoms with Crippen LogP contribution in [0, 0.1) is 16.0 Å². The predicted octanol–water partition coefficient (Wildman–Crippen LogP) is 1.74. The third kappa shape index (κ3) is 6.67. The Kier molecular flexibility index (Phi) is 8.94. The average Bonchev–Trinajstić information content (AvgIpc) is 3.31. The molecule has 0 aromatic heterocycles. The van der Waals surface area contributed by atoms with Crippen molar-refractivity contribution in [3.63, 3.8) is 0 Å². The predicted molar refractivity (Wildman–Crippen MR) is 122 cm³/mol. The first-order valence-corrected chi connectivity index (χ1v) is 11.7. The topological polar surface area (TPSA) is 167 Å². The summed E-state index contributed by atoms with van der Waals surface area (Å²) >= 11 is 0. The summed E-state index contributed by atoms with van der Waals surface area (Å²) in [6.45, 7) is 6.17. The highest BCUT2D eigenvalue weighted by atomic mass is 16.8. The minimum Gasteiger partial charge on any atom is -0.466 e. The molecule has 1 unspecified atom stereocenters. The van der Waals surface area contributed by atoms with Crippen LogP contribution < -0.4 is 0 Å². The second-order valence-corrected chi connectivity index (χ2v) is 8.78. The van der Waals surface area contributed by atoms with Crippen LogP contribution in [0.3, 0.4) is 0 Å². The fourth-order valence-corrected chi connectivity index (χ4v) is 4.22. The second-order valence-electron chi connectivity index (χ2n) is 8.78. The highest BCUT2D eigenvalue weighted by Gasteiger charge is 2.60. The number of rotatable bonds is 11. The van der Waals surface area contributed by atoms with Gasteiger partial charge in [-0.25, -0.2) is 4.79 Å². The number of carbonyl (C=O) groups is 4. The van der Waals surface area contributed by atoms with E-state index in [2.05, 4.69) is 0 Å². The lowest BCUT2D eigenvalue weighted by molar-refractivity contribution is -0.384. The highest BCUT2D eigenvalue weighted by Crippen LogP contribution is 2.42. The molecule has 0 spiro atoms. The molecule has 37 heavy (non-hydrogen) atoms. The molecule has 202 valence electrons. The van der Waals surface area contributed by atoms with Gasteiger partial charge in [0.25, 0.3) is 5.69 Å². The van der Waals surface area contributed by atoms with Crippen LogP contribution in [-0.4, -0.2) is 78.6 Å². The Morgan fingerprint density at radius 1 is 1.00 bits per heavy atom. The van der Waals surface area contributed by atoms with Gasteiger partial charge in [0.05, 0.1) is 23.7 Å². The van der Waals surface area contributed by atoms with Gasteiger partial charge in [0, 0.05) is 12.1 Å². The quantitative estimate of drug-likeness (QED) is 0.136. The number of benzene rings is 1. The standard InChI is InChI=1S/C24H29NO12/c1-5-32-17(27)11-15(26)18(23(29)33-6-2)20-21-19(36-24(3,4)37-21)16(35-20)12-34-22(28)13-7-9-14(10-8-13)25(30)31/h7-10,16,18-21H,5-6,11-12H2,1-4H3/t16-,18?,19-,20-,21-/m1/s1. The van der Waals surface area contributed by atoms with E-state index < -0.39 is 71.2 Å². The van der Waals surface area contributed by atoms with Crippen molar-refractivity contribution in [1.29, 1.82) is 0 Å². The maximum Gasteiger partial charge on any atom is 0.338 e. The van der Waals surface area contributed by atoms with Crippen molar-refractivity contribution >= 4 is 29.4 Å². The van der Waals surface area contributed by atoms with Gasteiger partial charge in [-0.05, 0) is 39.8 Å². The molecule has 2 fully saturated rings. The van der Waals surface area contributed by atoms with E-state index in [9.17, 15) is 29.3 Å². The summed E-state index contributed by atoms with van der Waals surface area (Å²) in [7, 11) is 0. The average molecular weight is 523 g/mol. The van der Waals surface area contributed by atoms with Crippen LogP contribution in [0.15, 0.2) is 24.3 Å². The molecule has 2 aliphatic rings. The van der Waals surface area contributed by atoms with Crippen LogP contribution in [0.4, 0.5) is 5.69 Å². The molecule has 3 rings (SSSR count). The van der Waals surface area contributed by atoms with E-state index in [0.717, 1.165) is 0 Å². The van der Waals surface area contributed by atoms with Crippen molar-refractivity contribution in [2.24, 2.45) is 5.92 Å². The summed E-state index contributed by atoms with van der Waals surface area (Å²) in [5, 5.41) is 10.8. The van der Waals surface area contributed by atoms with Gasteiger partial charge in [-0.2, -0.15) is 0 Å². The van der Waals surface area contributed by atoms with Crippen LogP contribution in [0.5, 0.6) is 0 Å². The van der Waals surface area contributed by atoms with Crippen LogP contribution in [0.2, 0.25) is 0 Å². The number of nitrogens with zero attached hydrogens (tertiary/aromatic N) is 1. The number of fused-ring (bicyclic) bond motifs is 1. The first-order chi connectivity index (χ1) is 17.5. The Labute approximate surface area is 212 Å². The largest absolute Gasteiger partial charge is 0.466 e. The molecular formula is C24H29NO12. The maximum absolute atomic E-state index is 13.0. The van der Waals surface area contributed by atoms with Gasteiger partial charge in [0.15, 0.2) is 11.6 Å². The molecule has 0 bridgehead atoms. The van der Waals surface area contributed by atoms with Gasteiger partial charge in [-0.15, -0.1) is 0 Å².